The number of hydrogen-bond donors (Lipinski definition) is 2. The minimum absolute atomic E-state index is 0.0716. The molecule has 0 heterocycles. The third-order valence-electron chi connectivity index (χ3n) is 3.34. The number of Topliss-reactive ketones (excluding diaryl/α,β-unsaturated/α-hetero) is 1. The van der Waals surface area contributed by atoms with Crippen molar-refractivity contribution in [2.45, 2.75) is 25.7 Å². The van der Waals surface area contributed by atoms with E-state index in [0.717, 1.165) is 0 Å². The quantitative estimate of drug-likeness (QED) is 0.814. The highest BCUT2D eigenvalue weighted by Gasteiger charge is 2.16. The van der Waals surface area contributed by atoms with E-state index < -0.39 is 10.0 Å². The number of rotatable bonds is 5. The lowest BCUT2D eigenvalue weighted by Gasteiger charge is -2.12. The molecule has 0 saturated carbocycles. The average Bonchev–Trinajstić information content (AvgIpc) is 2.48. The van der Waals surface area contributed by atoms with Crippen LogP contribution in [0, 0.1) is 6.92 Å². The molecule has 2 aromatic carbocycles. The van der Waals surface area contributed by atoms with Gasteiger partial charge in [0.1, 0.15) is 0 Å². The number of hydrogen-bond acceptors (Lipinski definition) is 4. The van der Waals surface area contributed by atoms with Crippen LogP contribution in [0.2, 0.25) is 0 Å². The number of anilines is 2. The van der Waals surface area contributed by atoms with E-state index >= 15 is 0 Å². The Kier molecular flexibility index (Phi) is 5.04. The van der Waals surface area contributed by atoms with Gasteiger partial charge in [0.2, 0.25) is 5.91 Å². The highest BCUT2D eigenvalue weighted by molar-refractivity contribution is 7.92. The second kappa shape index (κ2) is 6.84. The highest BCUT2D eigenvalue weighted by atomic mass is 32.2. The first-order valence-electron chi connectivity index (χ1n) is 7.21. The van der Waals surface area contributed by atoms with Gasteiger partial charge in [-0.1, -0.05) is 12.1 Å². The Morgan fingerprint density at radius 3 is 2.29 bits per heavy atom. The summed E-state index contributed by atoms with van der Waals surface area (Å²) in [5, 5.41) is 2.63. The molecule has 0 saturated heterocycles. The molecule has 0 aliphatic carbocycles. The van der Waals surface area contributed by atoms with Crippen LogP contribution >= 0.6 is 0 Å². The van der Waals surface area contributed by atoms with E-state index in [9.17, 15) is 18.0 Å². The van der Waals surface area contributed by atoms with Gasteiger partial charge in [0, 0.05) is 23.9 Å². The van der Waals surface area contributed by atoms with Crippen molar-refractivity contribution in [1.82, 2.24) is 0 Å². The number of carbonyl (C=O) groups is 2. The maximum atomic E-state index is 12.5. The largest absolute Gasteiger partial charge is 0.326 e. The van der Waals surface area contributed by atoms with Crippen LogP contribution in [-0.4, -0.2) is 20.1 Å². The molecule has 0 spiro atoms. The smallest absolute Gasteiger partial charge is 0.261 e. The molecule has 0 aromatic heterocycles. The number of ketones is 1. The van der Waals surface area contributed by atoms with Crippen LogP contribution in [0.25, 0.3) is 0 Å². The predicted molar refractivity (Wildman–Crippen MR) is 92.7 cm³/mol. The molecule has 0 aliphatic rings. The first-order chi connectivity index (χ1) is 11.2. The van der Waals surface area contributed by atoms with Crippen LogP contribution in [0.3, 0.4) is 0 Å². The third-order valence-corrected chi connectivity index (χ3v) is 4.72. The number of carbonyl (C=O) groups excluding carboxylic acids is 2. The molecule has 126 valence electrons. The lowest BCUT2D eigenvalue weighted by atomic mass is 10.1. The second-order valence-corrected chi connectivity index (χ2v) is 7.08. The summed E-state index contributed by atoms with van der Waals surface area (Å²) in [4.78, 5) is 22.6. The summed E-state index contributed by atoms with van der Waals surface area (Å²) in [6, 6.07) is 10.7. The van der Waals surface area contributed by atoms with Crippen molar-refractivity contribution < 1.29 is 18.0 Å². The lowest BCUT2D eigenvalue weighted by Crippen LogP contribution is -2.14. The van der Waals surface area contributed by atoms with Gasteiger partial charge in [0.05, 0.1) is 4.90 Å². The maximum absolute atomic E-state index is 12.5. The van der Waals surface area contributed by atoms with Crippen molar-refractivity contribution in [3.63, 3.8) is 0 Å². The third kappa shape index (κ3) is 4.20. The summed E-state index contributed by atoms with van der Waals surface area (Å²) in [6.07, 6.45) is 0. The fraction of sp³-hybridized carbons (Fsp3) is 0.176. The van der Waals surface area contributed by atoms with Crippen LogP contribution in [0.4, 0.5) is 11.4 Å². The average molecular weight is 346 g/mol. The van der Waals surface area contributed by atoms with Gasteiger partial charge < -0.3 is 5.32 Å². The van der Waals surface area contributed by atoms with E-state index in [1.807, 2.05) is 0 Å². The molecular weight excluding hydrogens is 328 g/mol. The Morgan fingerprint density at radius 2 is 1.71 bits per heavy atom. The van der Waals surface area contributed by atoms with E-state index in [1.165, 1.54) is 38.1 Å². The van der Waals surface area contributed by atoms with E-state index in [2.05, 4.69) is 10.0 Å². The Balaban J connectivity index is 2.30. The minimum Gasteiger partial charge on any atom is -0.326 e. The van der Waals surface area contributed by atoms with E-state index in [4.69, 9.17) is 0 Å². The van der Waals surface area contributed by atoms with Crippen molar-refractivity contribution in [1.29, 1.82) is 0 Å². The van der Waals surface area contributed by atoms with Crippen molar-refractivity contribution >= 4 is 33.1 Å². The Labute approximate surface area is 140 Å². The minimum atomic E-state index is -3.80. The summed E-state index contributed by atoms with van der Waals surface area (Å²) < 4.78 is 27.4. The van der Waals surface area contributed by atoms with E-state index in [1.54, 1.807) is 25.1 Å². The van der Waals surface area contributed by atoms with Crippen molar-refractivity contribution in [3.05, 3.63) is 53.6 Å². The summed E-state index contributed by atoms with van der Waals surface area (Å²) in [7, 11) is -3.80. The number of benzene rings is 2. The van der Waals surface area contributed by atoms with Crippen molar-refractivity contribution in [2.24, 2.45) is 0 Å². The number of aryl methyl sites for hydroxylation is 1. The van der Waals surface area contributed by atoms with Gasteiger partial charge in [0.15, 0.2) is 5.78 Å². The lowest BCUT2D eigenvalue weighted by molar-refractivity contribution is -0.114. The molecule has 0 bridgehead atoms. The van der Waals surface area contributed by atoms with Crippen molar-refractivity contribution in [2.75, 3.05) is 10.0 Å². The second-order valence-electron chi connectivity index (χ2n) is 5.40. The number of nitrogens with one attached hydrogen (secondary N) is 2. The molecule has 6 nitrogen and oxygen atoms in total. The molecule has 2 rings (SSSR count). The molecule has 0 radical (unpaired) electrons. The normalized spacial score (nSPS) is 11.0. The van der Waals surface area contributed by atoms with Crippen LogP contribution < -0.4 is 10.0 Å². The fourth-order valence-electron chi connectivity index (χ4n) is 2.15. The number of amides is 1. The highest BCUT2D eigenvalue weighted by Crippen LogP contribution is 2.22. The van der Waals surface area contributed by atoms with Gasteiger partial charge in [-0.05, 0) is 49.7 Å². The van der Waals surface area contributed by atoms with Gasteiger partial charge in [0.25, 0.3) is 10.0 Å². The zero-order chi connectivity index (χ0) is 17.9. The van der Waals surface area contributed by atoms with E-state index in [0.29, 0.717) is 22.5 Å². The Bertz CT molecular complexity index is 905. The molecule has 7 heteroatoms. The number of sulfonamides is 1. The first-order valence-corrected chi connectivity index (χ1v) is 8.69. The van der Waals surface area contributed by atoms with Crippen LogP contribution in [0.5, 0.6) is 0 Å². The molecule has 0 aliphatic heterocycles. The summed E-state index contributed by atoms with van der Waals surface area (Å²) in [5.74, 6) is -0.376. The van der Waals surface area contributed by atoms with Gasteiger partial charge in [-0.25, -0.2) is 8.42 Å². The SMILES string of the molecule is CC(=O)Nc1ccc(S(=O)(=O)Nc2cccc(C(C)=O)c2)cc1C. The molecule has 2 N–H and O–H groups in total. The molecule has 24 heavy (non-hydrogen) atoms. The van der Waals surface area contributed by atoms with Gasteiger partial charge >= 0.3 is 0 Å². The standard InChI is InChI=1S/C17H18N2O4S/c1-11-9-16(7-8-17(11)18-13(3)21)24(22,23)19-15-6-4-5-14(10-15)12(2)20/h4-10,19H,1-3H3,(H,18,21). The van der Waals surface area contributed by atoms with Crippen molar-refractivity contribution in [3.8, 4) is 0 Å². The Hall–Kier alpha value is -2.67. The van der Waals surface area contributed by atoms with Crippen LogP contribution in [-0.2, 0) is 14.8 Å². The monoisotopic (exact) mass is 346 g/mol. The van der Waals surface area contributed by atoms with Gasteiger partial charge in [-0.2, -0.15) is 0 Å². The molecule has 0 fully saturated rings. The Morgan fingerprint density at radius 1 is 1.00 bits per heavy atom. The van der Waals surface area contributed by atoms with Gasteiger partial charge in [-0.3, -0.25) is 14.3 Å². The molecule has 1 amide bonds. The molecule has 0 unspecified atom stereocenters. The summed E-state index contributed by atoms with van der Waals surface area (Å²) in [5.41, 5.74) is 1.92. The zero-order valence-corrected chi connectivity index (χ0v) is 14.4. The summed E-state index contributed by atoms with van der Waals surface area (Å²) >= 11 is 0. The predicted octanol–water partition coefficient (Wildman–Crippen LogP) is 2.96. The van der Waals surface area contributed by atoms with Crippen LogP contribution in [0.15, 0.2) is 47.4 Å². The molecular formula is C17H18N2O4S. The first kappa shape index (κ1) is 17.7. The molecule has 2 aromatic rings. The van der Waals surface area contributed by atoms with Crippen LogP contribution in [0.1, 0.15) is 29.8 Å². The summed E-state index contributed by atoms with van der Waals surface area (Å²) in [6.45, 7) is 4.51. The maximum Gasteiger partial charge on any atom is 0.261 e. The van der Waals surface area contributed by atoms with E-state index in [-0.39, 0.29) is 16.6 Å². The fourth-order valence-corrected chi connectivity index (χ4v) is 3.28. The zero-order valence-electron chi connectivity index (χ0n) is 13.6. The topological polar surface area (TPSA) is 92.3 Å². The molecule has 0 atom stereocenters. The van der Waals surface area contributed by atoms with Gasteiger partial charge in [-0.15, -0.1) is 0 Å².